The van der Waals surface area contributed by atoms with Gasteiger partial charge in [0.25, 0.3) is 0 Å². The van der Waals surface area contributed by atoms with Gasteiger partial charge in [-0.1, -0.05) is 0 Å². The molecule has 1 fully saturated rings. The standard InChI is InChI=1S/C17H17AsN2O5S/c18-8-1-2-9(5-8)26(24,25)10-3-4-13-11(6-10)14-12(17(22)23)7-19-15(14)16(21)20-13/h3-4,6-9,19H,1-2,5,18H2,(H,20,21)(H,22,23). The molecule has 1 aromatic carbocycles. The average molecular weight is 436 g/mol. The fourth-order valence-corrected chi connectivity index (χ4v) is 7.08. The molecule has 3 N–H and O–H groups in total. The predicted octanol–water partition coefficient (Wildman–Crippen LogP) is 1.46. The molecule has 3 atom stereocenters. The van der Waals surface area contributed by atoms with E-state index in [9.17, 15) is 23.1 Å². The van der Waals surface area contributed by atoms with E-state index in [1.165, 1.54) is 24.4 Å². The van der Waals surface area contributed by atoms with E-state index in [0.29, 0.717) is 28.5 Å². The number of sulfone groups is 1. The van der Waals surface area contributed by atoms with Gasteiger partial charge in [0.1, 0.15) is 0 Å². The van der Waals surface area contributed by atoms with Crippen LogP contribution in [0.5, 0.6) is 0 Å². The zero-order valence-corrected chi connectivity index (χ0v) is 16.9. The number of hydrogen-bond acceptors (Lipinski definition) is 4. The number of aromatic amines is 2. The molecule has 0 saturated heterocycles. The van der Waals surface area contributed by atoms with Crippen molar-refractivity contribution in [1.29, 1.82) is 0 Å². The molecule has 1 saturated carbocycles. The van der Waals surface area contributed by atoms with Gasteiger partial charge in [-0.2, -0.15) is 0 Å². The summed E-state index contributed by atoms with van der Waals surface area (Å²) in [4.78, 5) is 29.2. The molecule has 9 heteroatoms. The number of aromatic carboxylic acids is 1. The molecule has 3 aromatic rings. The molecule has 1 aliphatic rings. The number of aromatic nitrogens is 2. The van der Waals surface area contributed by atoms with Crippen LogP contribution in [-0.2, 0) is 9.84 Å². The van der Waals surface area contributed by atoms with Crippen LogP contribution in [0.1, 0.15) is 29.6 Å². The number of fused-ring (bicyclic) bond motifs is 3. The summed E-state index contributed by atoms with van der Waals surface area (Å²) in [5.74, 6) is -1.18. The van der Waals surface area contributed by atoms with E-state index in [0.717, 1.165) is 6.42 Å². The molecule has 7 nitrogen and oxygen atoms in total. The van der Waals surface area contributed by atoms with Crippen LogP contribution in [0, 0.1) is 0 Å². The summed E-state index contributed by atoms with van der Waals surface area (Å²) in [7, 11) is -3.50. The molecule has 3 unspecified atom stereocenters. The summed E-state index contributed by atoms with van der Waals surface area (Å²) >= 11 is 1.57. The van der Waals surface area contributed by atoms with Crippen LogP contribution in [0.3, 0.4) is 0 Å². The first-order chi connectivity index (χ1) is 12.3. The van der Waals surface area contributed by atoms with Crippen LogP contribution in [0.2, 0.25) is 4.71 Å². The van der Waals surface area contributed by atoms with Gasteiger partial charge in [-0.25, -0.2) is 0 Å². The summed E-state index contributed by atoms with van der Waals surface area (Å²) in [5, 5.41) is 9.65. The fourth-order valence-electron chi connectivity index (χ4n) is 3.70. The Bertz CT molecular complexity index is 1210. The molecule has 2 heterocycles. The van der Waals surface area contributed by atoms with Crippen molar-refractivity contribution in [3.8, 4) is 0 Å². The molecule has 26 heavy (non-hydrogen) atoms. The second-order valence-corrected chi connectivity index (χ2v) is 10.9. The predicted molar refractivity (Wildman–Crippen MR) is 101 cm³/mol. The zero-order valence-electron chi connectivity index (χ0n) is 13.7. The number of carboxylic acid groups (broad SMARTS) is 1. The number of carboxylic acids is 1. The first kappa shape index (κ1) is 17.4. The molecule has 1 aliphatic carbocycles. The topological polar surface area (TPSA) is 120 Å². The summed E-state index contributed by atoms with van der Waals surface area (Å²) in [6.45, 7) is 0. The molecule has 0 bridgehead atoms. The molecule has 4 rings (SSSR count). The minimum absolute atomic E-state index is 0.0529. The van der Waals surface area contributed by atoms with E-state index in [-0.39, 0.29) is 21.4 Å². The van der Waals surface area contributed by atoms with Crippen molar-refractivity contribution in [2.75, 3.05) is 0 Å². The monoisotopic (exact) mass is 436 g/mol. The third-order valence-corrected chi connectivity index (χ3v) is 8.53. The van der Waals surface area contributed by atoms with Gasteiger partial charge in [-0.05, 0) is 0 Å². The average Bonchev–Trinajstić information content (AvgIpc) is 3.21. The molecule has 136 valence electrons. The Morgan fingerprint density at radius 3 is 2.69 bits per heavy atom. The van der Waals surface area contributed by atoms with Crippen molar-refractivity contribution in [1.82, 2.24) is 9.97 Å². The van der Waals surface area contributed by atoms with Crippen LogP contribution in [-0.4, -0.2) is 51.6 Å². The molecular weight excluding hydrogens is 419 g/mol. The van der Waals surface area contributed by atoms with Gasteiger partial charge >= 0.3 is 157 Å². The van der Waals surface area contributed by atoms with E-state index in [1.54, 1.807) is 16.9 Å². The maximum absolute atomic E-state index is 13.0. The molecule has 0 spiro atoms. The van der Waals surface area contributed by atoms with Crippen LogP contribution < -0.4 is 5.56 Å². The van der Waals surface area contributed by atoms with E-state index in [1.807, 2.05) is 0 Å². The SMILES string of the molecule is O=C(O)c1c[nH]c2c(=O)[nH]c3ccc(S(=O)(=O)C4CCC([AsH2])C4)cc3c12. The Labute approximate surface area is 157 Å². The van der Waals surface area contributed by atoms with Gasteiger partial charge in [0.2, 0.25) is 0 Å². The van der Waals surface area contributed by atoms with Gasteiger partial charge in [0, 0.05) is 0 Å². The van der Waals surface area contributed by atoms with Gasteiger partial charge < -0.3 is 0 Å². The quantitative estimate of drug-likeness (QED) is 0.537. The number of nitrogens with one attached hydrogen (secondary N) is 2. The number of carbonyl (C=O) groups is 1. The Balaban J connectivity index is 1.99. The second kappa shape index (κ2) is 5.99. The van der Waals surface area contributed by atoms with E-state index < -0.39 is 26.6 Å². The number of rotatable bonds is 3. The van der Waals surface area contributed by atoms with Crippen molar-refractivity contribution < 1.29 is 18.3 Å². The third kappa shape index (κ3) is 2.59. The van der Waals surface area contributed by atoms with Crippen molar-refractivity contribution >= 4 is 54.5 Å². The van der Waals surface area contributed by atoms with Gasteiger partial charge in [-0.15, -0.1) is 0 Å². The number of pyridine rings is 1. The first-order valence-electron chi connectivity index (χ1n) is 8.19. The molecule has 0 radical (unpaired) electrons. The Morgan fingerprint density at radius 1 is 1.27 bits per heavy atom. The third-order valence-electron chi connectivity index (χ3n) is 5.04. The minimum atomic E-state index is -3.50. The fraction of sp³-hybridized carbons (Fsp3) is 0.294. The number of benzene rings is 1. The molecular formula is C17H17AsN2O5S. The van der Waals surface area contributed by atoms with Crippen molar-refractivity contribution in [2.45, 2.75) is 34.1 Å². The van der Waals surface area contributed by atoms with E-state index >= 15 is 0 Å². The summed E-state index contributed by atoms with van der Waals surface area (Å²) in [6.07, 6.45) is 3.47. The maximum atomic E-state index is 13.0. The van der Waals surface area contributed by atoms with Gasteiger partial charge in [0.15, 0.2) is 0 Å². The number of hydrogen-bond donors (Lipinski definition) is 3. The second-order valence-electron chi connectivity index (χ2n) is 6.66. The van der Waals surface area contributed by atoms with Crippen molar-refractivity contribution in [3.63, 3.8) is 0 Å². The Kier molecular flexibility index (Phi) is 4.00. The van der Waals surface area contributed by atoms with Crippen LogP contribution in [0.15, 0.2) is 34.1 Å². The first-order valence-corrected chi connectivity index (χ1v) is 11.1. The normalized spacial score (nSPS) is 20.8. The van der Waals surface area contributed by atoms with Crippen LogP contribution in [0.25, 0.3) is 21.8 Å². The van der Waals surface area contributed by atoms with Crippen LogP contribution in [0.4, 0.5) is 0 Å². The van der Waals surface area contributed by atoms with Crippen molar-refractivity contribution in [3.05, 3.63) is 40.3 Å². The van der Waals surface area contributed by atoms with Crippen molar-refractivity contribution in [2.24, 2.45) is 0 Å². The molecule has 2 aromatic heterocycles. The molecule has 0 amide bonds. The van der Waals surface area contributed by atoms with Gasteiger partial charge in [-0.3, -0.25) is 0 Å². The van der Waals surface area contributed by atoms with Gasteiger partial charge in [0.05, 0.1) is 0 Å². The summed E-state index contributed by atoms with van der Waals surface area (Å²) in [5.41, 5.74) is 0.0404. The number of H-pyrrole nitrogens is 2. The summed E-state index contributed by atoms with van der Waals surface area (Å²) < 4.78 is 26.4. The molecule has 0 aliphatic heterocycles. The Hall–Kier alpha value is -2.05. The zero-order chi connectivity index (χ0) is 18.6. The summed E-state index contributed by atoms with van der Waals surface area (Å²) in [6, 6.07) is 4.50. The van der Waals surface area contributed by atoms with Crippen LogP contribution >= 0.6 is 0 Å². The Morgan fingerprint density at radius 2 is 2.04 bits per heavy atom. The van der Waals surface area contributed by atoms with E-state index in [4.69, 9.17) is 0 Å². The van der Waals surface area contributed by atoms with E-state index in [2.05, 4.69) is 9.97 Å².